The fourth-order valence-electron chi connectivity index (χ4n) is 1.24. The molecule has 82 valence electrons. The molecule has 6 nitrogen and oxygen atoms in total. The summed E-state index contributed by atoms with van der Waals surface area (Å²) < 4.78 is 5.65. The van der Waals surface area contributed by atoms with Crippen LogP contribution in [0.4, 0.5) is 5.69 Å². The first-order valence-electron chi connectivity index (χ1n) is 4.57. The number of aliphatic imine (C=N–C) groups is 1. The van der Waals surface area contributed by atoms with E-state index in [0.29, 0.717) is 5.69 Å². The summed E-state index contributed by atoms with van der Waals surface area (Å²) in [5.74, 6) is -0.635. The quantitative estimate of drug-likeness (QED) is 0.409. The summed E-state index contributed by atoms with van der Waals surface area (Å²) >= 11 is 0. The lowest BCUT2D eigenvalue weighted by Gasteiger charge is -2.02. The zero-order valence-corrected chi connectivity index (χ0v) is 8.51. The molecule has 16 heavy (non-hydrogen) atoms. The van der Waals surface area contributed by atoms with Gasteiger partial charge in [0.15, 0.2) is 7.05 Å². The Kier molecular flexibility index (Phi) is 2.55. The minimum atomic E-state index is -0.729. The number of para-hydroxylation sites is 1. The minimum Gasteiger partial charge on any atom is -0.854 e. The smallest absolute Gasteiger partial charge is 0.435 e. The molecule has 2 aromatic rings. The van der Waals surface area contributed by atoms with E-state index in [1.165, 1.54) is 11.7 Å². The molecule has 2 rings (SSSR count). The predicted molar refractivity (Wildman–Crippen MR) is 53.1 cm³/mol. The van der Waals surface area contributed by atoms with Crippen LogP contribution >= 0.6 is 0 Å². The molecule has 0 amide bonds. The number of aromatic amines is 1. The van der Waals surface area contributed by atoms with Crippen LogP contribution in [0.1, 0.15) is 5.69 Å². The topological polar surface area (TPSA) is 85.3 Å². The SMILES string of the molecule is C[n+]1[nH]oc(=O)c1C([O-])=Nc1ccccc1. The molecule has 0 saturated heterocycles. The average molecular weight is 219 g/mol. The van der Waals surface area contributed by atoms with Crippen LogP contribution in [0.2, 0.25) is 0 Å². The monoisotopic (exact) mass is 219 g/mol. The van der Waals surface area contributed by atoms with Gasteiger partial charge in [0.25, 0.3) is 0 Å². The van der Waals surface area contributed by atoms with Gasteiger partial charge in [-0.15, -0.1) is 0 Å². The number of hydrogen-bond donors (Lipinski definition) is 1. The number of hydrogen-bond acceptors (Lipinski definition) is 4. The zero-order chi connectivity index (χ0) is 11.5. The van der Waals surface area contributed by atoms with Crippen LogP contribution in [0.3, 0.4) is 0 Å². The minimum absolute atomic E-state index is 0.135. The third kappa shape index (κ3) is 1.85. The summed E-state index contributed by atoms with van der Waals surface area (Å²) in [5, 5.41) is 13.9. The highest BCUT2D eigenvalue weighted by Gasteiger charge is 2.16. The van der Waals surface area contributed by atoms with Gasteiger partial charge in [0.1, 0.15) is 0 Å². The maximum atomic E-state index is 11.6. The zero-order valence-electron chi connectivity index (χ0n) is 8.51. The van der Waals surface area contributed by atoms with Crippen molar-refractivity contribution in [1.29, 1.82) is 0 Å². The molecular formula is C10H9N3O3. The fraction of sp³-hybridized carbons (Fsp3) is 0.100. The molecule has 0 radical (unpaired) electrons. The van der Waals surface area contributed by atoms with Gasteiger partial charge in [-0.2, -0.15) is 0 Å². The maximum absolute atomic E-state index is 11.6. The molecule has 0 aliphatic rings. The van der Waals surface area contributed by atoms with Gasteiger partial charge in [-0.25, -0.2) is 4.79 Å². The van der Waals surface area contributed by atoms with Crippen molar-refractivity contribution in [2.24, 2.45) is 12.0 Å². The van der Waals surface area contributed by atoms with E-state index in [-0.39, 0.29) is 5.69 Å². The first-order valence-corrected chi connectivity index (χ1v) is 4.57. The molecule has 6 heteroatoms. The van der Waals surface area contributed by atoms with Crippen molar-refractivity contribution in [2.45, 2.75) is 0 Å². The molecule has 0 spiro atoms. The molecule has 0 atom stereocenters. The van der Waals surface area contributed by atoms with E-state index in [9.17, 15) is 9.90 Å². The van der Waals surface area contributed by atoms with Crippen LogP contribution in [0, 0.1) is 0 Å². The Morgan fingerprint density at radius 2 is 2.12 bits per heavy atom. The van der Waals surface area contributed by atoms with Crippen LogP contribution in [0.15, 0.2) is 44.6 Å². The van der Waals surface area contributed by atoms with Crippen LogP contribution in [0.5, 0.6) is 0 Å². The summed E-state index contributed by atoms with van der Waals surface area (Å²) in [6.07, 6.45) is 0. The molecular weight excluding hydrogens is 210 g/mol. The summed E-state index contributed by atoms with van der Waals surface area (Å²) in [6.45, 7) is 0. The van der Waals surface area contributed by atoms with E-state index in [4.69, 9.17) is 0 Å². The van der Waals surface area contributed by atoms with E-state index in [1.54, 1.807) is 24.3 Å². The second-order valence-electron chi connectivity index (χ2n) is 3.14. The number of nitrogens with one attached hydrogen (secondary N) is 1. The number of aryl methyl sites for hydroxylation is 1. The molecule has 0 unspecified atom stereocenters. The largest absolute Gasteiger partial charge is 0.854 e. The number of aromatic nitrogens is 2. The van der Waals surface area contributed by atoms with Crippen molar-refractivity contribution in [3.63, 3.8) is 0 Å². The summed E-state index contributed by atoms with van der Waals surface area (Å²) in [6, 6.07) is 8.67. The third-order valence-electron chi connectivity index (χ3n) is 1.99. The van der Waals surface area contributed by atoms with Crippen LogP contribution in [-0.2, 0) is 7.05 Å². The Morgan fingerprint density at radius 1 is 1.44 bits per heavy atom. The van der Waals surface area contributed by atoms with Gasteiger partial charge in [0.2, 0.25) is 0 Å². The second kappa shape index (κ2) is 4.01. The van der Waals surface area contributed by atoms with Crippen molar-refractivity contribution < 1.29 is 14.3 Å². The van der Waals surface area contributed by atoms with E-state index < -0.39 is 11.5 Å². The molecule has 1 aromatic heterocycles. The van der Waals surface area contributed by atoms with Gasteiger partial charge >= 0.3 is 11.3 Å². The Bertz CT molecular complexity index is 568. The normalized spacial score (nSPS) is 11.7. The summed E-state index contributed by atoms with van der Waals surface area (Å²) in [4.78, 5) is 15.0. The van der Waals surface area contributed by atoms with Crippen molar-refractivity contribution >= 4 is 11.6 Å². The van der Waals surface area contributed by atoms with Gasteiger partial charge in [0, 0.05) is 0 Å². The fourth-order valence-corrected chi connectivity index (χ4v) is 1.24. The first kappa shape index (κ1) is 10.2. The second-order valence-corrected chi connectivity index (χ2v) is 3.14. The lowest BCUT2D eigenvalue weighted by molar-refractivity contribution is -0.742. The molecule has 0 bridgehead atoms. The van der Waals surface area contributed by atoms with Gasteiger partial charge < -0.3 is 5.11 Å². The number of rotatable bonds is 2. The number of benzene rings is 1. The predicted octanol–water partition coefficient (Wildman–Crippen LogP) is -0.769. The molecule has 0 fully saturated rings. The van der Waals surface area contributed by atoms with Crippen molar-refractivity contribution in [1.82, 2.24) is 5.27 Å². The number of nitrogens with zero attached hydrogens (tertiary/aromatic N) is 2. The molecule has 0 aliphatic heterocycles. The van der Waals surface area contributed by atoms with Crippen molar-refractivity contribution in [2.75, 3.05) is 0 Å². The van der Waals surface area contributed by atoms with Gasteiger partial charge in [0.05, 0.1) is 11.6 Å². The van der Waals surface area contributed by atoms with E-state index in [2.05, 4.69) is 14.8 Å². The van der Waals surface area contributed by atoms with Gasteiger partial charge in [-0.05, 0) is 17.4 Å². The van der Waals surface area contributed by atoms with E-state index in [0.717, 1.165) is 0 Å². The van der Waals surface area contributed by atoms with Crippen molar-refractivity contribution in [3.8, 4) is 0 Å². The summed E-state index contributed by atoms with van der Waals surface area (Å²) in [5.41, 5.74) is -0.371. The highest BCUT2D eigenvalue weighted by molar-refractivity contribution is 5.88. The first-order chi connectivity index (χ1) is 7.68. The standard InChI is InChI=1S/C10H9N3O3/c1-13-8(10(15)16-12-13)9(14)11-7-5-3-2-4-6-7/h2-6H,1H3,(H-,11,12,14,15). The molecule has 0 aliphatic carbocycles. The Morgan fingerprint density at radius 3 is 2.69 bits per heavy atom. The van der Waals surface area contributed by atoms with E-state index >= 15 is 0 Å². The lowest BCUT2D eigenvalue weighted by Crippen LogP contribution is -2.43. The van der Waals surface area contributed by atoms with Gasteiger partial charge in [-0.3, -0.25) is 9.52 Å². The average Bonchev–Trinajstić information content (AvgIpc) is 2.60. The summed E-state index contributed by atoms with van der Waals surface area (Å²) in [7, 11) is 1.50. The molecule has 1 heterocycles. The highest BCUT2D eigenvalue weighted by Crippen LogP contribution is 2.09. The highest BCUT2D eigenvalue weighted by atomic mass is 16.5. The Balaban J connectivity index is 2.44. The number of H-pyrrole nitrogens is 1. The maximum Gasteiger partial charge on any atom is 0.435 e. The van der Waals surface area contributed by atoms with Crippen LogP contribution in [0.25, 0.3) is 0 Å². The van der Waals surface area contributed by atoms with Crippen LogP contribution < -0.4 is 15.4 Å². The van der Waals surface area contributed by atoms with E-state index in [1.807, 2.05) is 6.07 Å². The Labute approximate surface area is 90.4 Å². The van der Waals surface area contributed by atoms with Gasteiger partial charge in [-0.1, -0.05) is 22.9 Å². The third-order valence-corrected chi connectivity index (χ3v) is 1.99. The lowest BCUT2D eigenvalue weighted by atomic mass is 10.3. The van der Waals surface area contributed by atoms with Crippen LogP contribution in [-0.4, -0.2) is 11.2 Å². The Hall–Kier alpha value is -2.37. The van der Waals surface area contributed by atoms with Crippen molar-refractivity contribution in [3.05, 3.63) is 46.4 Å². The molecule has 0 saturated carbocycles. The molecule has 1 aromatic carbocycles. The molecule has 1 N–H and O–H groups in total.